The van der Waals surface area contributed by atoms with E-state index in [0.29, 0.717) is 34.3 Å². The van der Waals surface area contributed by atoms with E-state index in [1.807, 2.05) is 47.7 Å². The highest BCUT2D eigenvalue weighted by atomic mass is 127. The van der Waals surface area contributed by atoms with Crippen LogP contribution < -0.4 is 0 Å². The monoisotopic (exact) mass is 552 g/mol. The van der Waals surface area contributed by atoms with Crippen LogP contribution in [0.25, 0.3) is 5.57 Å². The highest BCUT2D eigenvalue weighted by Crippen LogP contribution is 2.38. The van der Waals surface area contributed by atoms with Gasteiger partial charge in [0, 0.05) is 27.4 Å². The lowest BCUT2D eigenvalue weighted by molar-refractivity contribution is -0.159. The van der Waals surface area contributed by atoms with Gasteiger partial charge >= 0.3 is 0 Å². The first-order chi connectivity index (χ1) is 15.4. The Morgan fingerprint density at radius 2 is 1.84 bits per heavy atom. The quantitative estimate of drug-likeness (QED) is 0.225. The van der Waals surface area contributed by atoms with Gasteiger partial charge in [-0.1, -0.05) is 78.6 Å². The van der Waals surface area contributed by atoms with E-state index in [9.17, 15) is 13.2 Å². The molecule has 4 rings (SSSR count). The predicted molar refractivity (Wildman–Crippen MR) is 128 cm³/mol. The molecule has 168 valence electrons. The van der Waals surface area contributed by atoms with Crippen LogP contribution in [0.5, 0.6) is 0 Å². The summed E-state index contributed by atoms with van der Waals surface area (Å²) < 4.78 is 55.4. The molecule has 0 bridgehead atoms. The Kier molecular flexibility index (Phi) is 7.22. The number of hydrogen-bond donors (Lipinski definition) is 0. The Hall–Kier alpha value is -1.90. The summed E-state index contributed by atoms with van der Waals surface area (Å²) in [5.41, 5.74) is 2.69. The molecule has 32 heavy (non-hydrogen) atoms. The van der Waals surface area contributed by atoms with Gasteiger partial charge in [0.25, 0.3) is 0 Å². The second kappa shape index (κ2) is 9.93. The first kappa shape index (κ1) is 23.3. The smallest absolute Gasteiger partial charge is 0.176 e. The van der Waals surface area contributed by atoms with Crippen LogP contribution in [0, 0.1) is 23.4 Å². The lowest BCUT2D eigenvalue weighted by atomic mass is 9.80. The molecule has 6 heteroatoms. The second-order valence-electron chi connectivity index (χ2n) is 8.15. The summed E-state index contributed by atoms with van der Waals surface area (Å²) in [6.07, 6.45) is 6.70. The molecule has 1 aliphatic carbocycles. The molecule has 2 aromatic carbocycles. The van der Waals surface area contributed by atoms with Crippen LogP contribution in [-0.4, -0.2) is 19.5 Å². The van der Waals surface area contributed by atoms with Crippen LogP contribution in [-0.2, 0) is 13.9 Å². The number of benzene rings is 2. The van der Waals surface area contributed by atoms with E-state index < -0.39 is 17.9 Å². The van der Waals surface area contributed by atoms with Gasteiger partial charge in [-0.25, -0.2) is 13.2 Å². The topological polar surface area (TPSA) is 18.5 Å². The molecule has 0 radical (unpaired) electrons. The van der Waals surface area contributed by atoms with Crippen molar-refractivity contribution >= 4 is 28.2 Å². The summed E-state index contributed by atoms with van der Waals surface area (Å²) in [4.78, 5) is 0. The number of halogens is 4. The molecule has 0 N–H and O–H groups in total. The molecule has 2 unspecified atom stereocenters. The largest absolute Gasteiger partial charge is 0.348 e. The molecule has 2 aromatic rings. The Labute approximate surface area is 200 Å². The standard InChI is InChI=1S/C26H24F3IO2/c1-3-24-31-13-19(14-32-24)16-4-8-21(23(27)11-16)17-5-7-20(15(2)10-17)22-9-6-18(12-30)25(28)26(22)29/h3-11,15,19-20,24H,1,12-14H2,2H3. The van der Waals surface area contributed by atoms with E-state index in [1.165, 1.54) is 6.07 Å². The van der Waals surface area contributed by atoms with Crippen molar-refractivity contribution in [1.82, 2.24) is 0 Å². The van der Waals surface area contributed by atoms with Crippen LogP contribution in [0.3, 0.4) is 0 Å². The molecule has 0 amide bonds. The zero-order valence-corrected chi connectivity index (χ0v) is 19.8. The van der Waals surface area contributed by atoms with E-state index in [-0.39, 0.29) is 23.6 Å². The van der Waals surface area contributed by atoms with Crippen molar-refractivity contribution < 1.29 is 22.6 Å². The molecule has 1 saturated heterocycles. The number of ether oxygens (including phenoxy) is 2. The van der Waals surface area contributed by atoms with Crippen molar-refractivity contribution in [2.75, 3.05) is 13.2 Å². The first-order valence-electron chi connectivity index (χ1n) is 10.5. The van der Waals surface area contributed by atoms with Gasteiger partial charge in [0.05, 0.1) is 13.2 Å². The fourth-order valence-corrected chi connectivity index (χ4v) is 4.81. The van der Waals surface area contributed by atoms with Crippen molar-refractivity contribution in [2.24, 2.45) is 5.92 Å². The SMILES string of the molecule is C=CC1OCC(c2ccc(C3=CC(C)C(c4ccc(CI)c(F)c4F)C=C3)c(F)c2)CO1. The maximum absolute atomic E-state index is 15.0. The number of alkyl halides is 1. The van der Waals surface area contributed by atoms with Gasteiger partial charge in [0.2, 0.25) is 0 Å². The molecular weight excluding hydrogens is 528 g/mol. The minimum Gasteiger partial charge on any atom is -0.348 e. The molecular formula is C26H24F3IO2. The Bertz CT molecular complexity index is 1070. The summed E-state index contributed by atoms with van der Waals surface area (Å²) in [6.45, 7) is 6.45. The number of allylic oxidation sites excluding steroid dienone is 4. The maximum atomic E-state index is 15.0. The molecule has 1 aliphatic heterocycles. The van der Waals surface area contributed by atoms with Gasteiger partial charge in [0.15, 0.2) is 17.9 Å². The lowest BCUT2D eigenvalue weighted by Crippen LogP contribution is -2.29. The zero-order chi connectivity index (χ0) is 22.8. The lowest BCUT2D eigenvalue weighted by Gasteiger charge is -2.28. The average molecular weight is 552 g/mol. The van der Waals surface area contributed by atoms with Gasteiger partial charge in [-0.15, -0.1) is 0 Å². The summed E-state index contributed by atoms with van der Waals surface area (Å²) in [7, 11) is 0. The third-order valence-electron chi connectivity index (χ3n) is 6.08. The van der Waals surface area contributed by atoms with Crippen LogP contribution in [0.4, 0.5) is 13.2 Å². The molecule has 2 atom stereocenters. The fraction of sp³-hybridized carbons (Fsp3) is 0.308. The van der Waals surface area contributed by atoms with Gasteiger partial charge in [-0.05, 0) is 34.8 Å². The van der Waals surface area contributed by atoms with Crippen molar-refractivity contribution in [3.05, 3.63) is 101 Å². The van der Waals surface area contributed by atoms with Gasteiger partial charge in [-0.3, -0.25) is 0 Å². The summed E-state index contributed by atoms with van der Waals surface area (Å²) in [6, 6.07) is 8.44. The van der Waals surface area contributed by atoms with Gasteiger partial charge in [-0.2, -0.15) is 0 Å². The highest BCUT2D eigenvalue weighted by molar-refractivity contribution is 14.1. The molecule has 0 aromatic heterocycles. The number of rotatable bonds is 5. The van der Waals surface area contributed by atoms with E-state index >= 15 is 0 Å². The Morgan fingerprint density at radius 3 is 2.47 bits per heavy atom. The third-order valence-corrected chi connectivity index (χ3v) is 6.90. The summed E-state index contributed by atoms with van der Waals surface area (Å²) in [5, 5.41) is 0. The summed E-state index contributed by atoms with van der Waals surface area (Å²) >= 11 is 2.01. The van der Waals surface area contributed by atoms with Gasteiger partial charge < -0.3 is 9.47 Å². The summed E-state index contributed by atoms with van der Waals surface area (Å²) in [5.74, 6) is -2.40. The van der Waals surface area contributed by atoms with Gasteiger partial charge in [0.1, 0.15) is 5.82 Å². The highest BCUT2D eigenvalue weighted by Gasteiger charge is 2.26. The van der Waals surface area contributed by atoms with Crippen LogP contribution in [0.15, 0.2) is 61.2 Å². The van der Waals surface area contributed by atoms with Crippen molar-refractivity contribution in [3.8, 4) is 0 Å². The zero-order valence-electron chi connectivity index (χ0n) is 17.7. The van der Waals surface area contributed by atoms with Crippen molar-refractivity contribution in [3.63, 3.8) is 0 Å². The van der Waals surface area contributed by atoms with Crippen LogP contribution in [0.1, 0.15) is 41.0 Å². The van der Waals surface area contributed by atoms with Crippen molar-refractivity contribution in [1.29, 1.82) is 0 Å². The molecule has 1 heterocycles. The molecule has 1 fully saturated rings. The van der Waals surface area contributed by atoms with E-state index in [1.54, 1.807) is 30.4 Å². The number of hydrogen-bond acceptors (Lipinski definition) is 2. The predicted octanol–water partition coefficient (Wildman–Crippen LogP) is 7.05. The minimum atomic E-state index is -0.802. The first-order valence-corrected chi connectivity index (χ1v) is 12.0. The molecule has 0 spiro atoms. The van der Waals surface area contributed by atoms with E-state index in [0.717, 1.165) is 11.1 Å². The fourth-order valence-electron chi connectivity index (χ4n) is 4.22. The molecule has 2 nitrogen and oxygen atoms in total. The van der Waals surface area contributed by atoms with Crippen LogP contribution in [0.2, 0.25) is 0 Å². The van der Waals surface area contributed by atoms with E-state index in [2.05, 4.69) is 6.58 Å². The van der Waals surface area contributed by atoms with Crippen molar-refractivity contribution in [2.45, 2.75) is 29.5 Å². The maximum Gasteiger partial charge on any atom is 0.176 e. The van der Waals surface area contributed by atoms with Crippen LogP contribution >= 0.6 is 22.6 Å². The third kappa shape index (κ3) is 4.58. The average Bonchev–Trinajstić information content (AvgIpc) is 2.81. The second-order valence-corrected chi connectivity index (χ2v) is 8.91. The Balaban J connectivity index is 1.53. The molecule has 2 aliphatic rings. The Morgan fingerprint density at radius 1 is 1.09 bits per heavy atom. The minimum absolute atomic E-state index is 0.0441. The van der Waals surface area contributed by atoms with E-state index in [4.69, 9.17) is 9.47 Å². The normalized spacial score (nSPS) is 25.5. The molecule has 0 saturated carbocycles.